The molecule has 24 heavy (non-hydrogen) atoms. The molecule has 1 saturated heterocycles. The van der Waals surface area contributed by atoms with Crippen molar-refractivity contribution in [3.8, 4) is 11.5 Å². The van der Waals surface area contributed by atoms with Gasteiger partial charge >= 0.3 is 0 Å². The van der Waals surface area contributed by atoms with E-state index in [1.807, 2.05) is 12.1 Å². The fourth-order valence-electron chi connectivity index (χ4n) is 2.34. The zero-order valence-electron chi connectivity index (χ0n) is 15.8. The Kier molecular flexibility index (Phi) is 5.76. The lowest BCUT2D eigenvalue weighted by molar-refractivity contribution is -0.105. The van der Waals surface area contributed by atoms with E-state index in [0.29, 0.717) is 17.1 Å². The van der Waals surface area contributed by atoms with Gasteiger partial charge in [0.2, 0.25) is 0 Å². The lowest BCUT2D eigenvalue weighted by Gasteiger charge is -2.37. The topological polar surface area (TPSA) is 44.8 Å². The first kappa shape index (κ1) is 19.0. The fourth-order valence-corrected chi connectivity index (χ4v) is 3.36. The van der Waals surface area contributed by atoms with Gasteiger partial charge in [-0.3, -0.25) is 4.79 Å². The zero-order chi connectivity index (χ0) is 18.0. The highest BCUT2D eigenvalue weighted by molar-refractivity contribution is 6.74. The second-order valence-corrected chi connectivity index (χ2v) is 12.7. The number of benzene rings is 1. The molecule has 4 nitrogen and oxygen atoms in total. The maximum absolute atomic E-state index is 12.0. The molecule has 0 N–H and O–H groups in total. The molecule has 5 heteroatoms. The molecule has 1 heterocycles. The van der Waals surface area contributed by atoms with Crippen LogP contribution in [0.1, 0.15) is 57.3 Å². The van der Waals surface area contributed by atoms with Crippen molar-refractivity contribution >= 4 is 14.1 Å². The van der Waals surface area contributed by atoms with Crippen LogP contribution in [-0.4, -0.2) is 27.0 Å². The number of carbonyl (C=O) groups is 1. The number of ketones is 1. The maximum atomic E-state index is 12.0. The molecule has 0 bridgehead atoms. The molecule has 0 spiro atoms. The highest BCUT2D eigenvalue weighted by Crippen LogP contribution is 2.39. The number of hydrogen-bond acceptors (Lipinski definition) is 4. The Balaban J connectivity index is 2.26. The van der Waals surface area contributed by atoms with Crippen LogP contribution < -0.4 is 9.16 Å². The van der Waals surface area contributed by atoms with Gasteiger partial charge in [0.1, 0.15) is 11.5 Å². The molecule has 0 aromatic heterocycles. The molecule has 1 aliphatic rings. The molecular weight excluding hydrogens is 320 g/mol. The first-order valence-corrected chi connectivity index (χ1v) is 11.6. The number of ether oxygens (including phenoxy) is 2. The summed E-state index contributed by atoms with van der Waals surface area (Å²) in [5.74, 6) is 1.33. The maximum Gasteiger partial charge on any atom is 0.250 e. The smallest absolute Gasteiger partial charge is 0.250 e. The predicted molar refractivity (Wildman–Crippen MR) is 98.5 cm³/mol. The fraction of sp³-hybridized carbons (Fsp3) is 0.632. The molecule has 134 valence electrons. The van der Waals surface area contributed by atoms with Gasteiger partial charge in [-0.2, -0.15) is 0 Å². The number of carbonyl (C=O) groups excluding carboxylic acids is 1. The summed E-state index contributed by atoms with van der Waals surface area (Å²) in [6.07, 6.45) is 2.89. The van der Waals surface area contributed by atoms with Crippen LogP contribution >= 0.6 is 0 Å². The second kappa shape index (κ2) is 7.27. The Morgan fingerprint density at radius 1 is 1.25 bits per heavy atom. The van der Waals surface area contributed by atoms with Crippen LogP contribution in [0.4, 0.5) is 0 Å². The Labute approximate surface area is 146 Å². The third-order valence-corrected chi connectivity index (χ3v) is 9.25. The summed E-state index contributed by atoms with van der Waals surface area (Å²) in [4.78, 5) is 12.0. The Hall–Kier alpha value is -1.33. The zero-order valence-corrected chi connectivity index (χ0v) is 16.8. The molecule has 1 aliphatic heterocycles. The van der Waals surface area contributed by atoms with Gasteiger partial charge < -0.3 is 13.9 Å². The average molecular weight is 351 g/mol. The van der Waals surface area contributed by atoms with Crippen molar-refractivity contribution in [1.29, 1.82) is 0 Å². The summed E-state index contributed by atoms with van der Waals surface area (Å²) in [6, 6.07) is 5.46. The van der Waals surface area contributed by atoms with Gasteiger partial charge in [-0.05, 0) is 50.0 Å². The predicted octanol–water partition coefficient (Wildman–Crippen LogP) is 5.18. The highest BCUT2D eigenvalue weighted by Gasteiger charge is 2.39. The molecule has 1 fully saturated rings. The SMILES string of the molecule is CC(=O)c1ccc(OC2CCCCO2)cc1O[Si](C)(C)C(C)(C)C. The van der Waals surface area contributed by atoms with Crippen LogP contribution in [0, 0.1) is 0 Å². The summed E-state index contributed by atoms with van der Waals surface area (Å²) in [7, 11) is -2.04. The van der Waals surface area contributed by atoms with Crippen molar-refractivity contribution in [2.45, 2.75) is 71.4 Å². The molecule has 2 rings (SSSR count). The van der Waals surface area contributed by atoms with E-state index in [1.54, 1.807) is 13.0 Å². The van der Waals surface area contributed by atoms with Crippen LogP contribution in [0.25, 0.3) is 0 Å². The van der Waals surface area contributed by atoms with E-state index in [9.17, 15) is 4.79 Å². The van der Waals surface area contributed by atoms with Gasteiger partial charge in [0.15, 0.2) is 12.1 Å². The first-order chi connectivity index (χ1) is 11.1. The molecule has 1 aromatic carbocycles. The lowest BCUT2D eigenvalue weighted by Crippen LogP contribution is -2.44. The van der Waals surface area contributed by atoms with Gasteiger partial charge in [0.25, 0.3) is 8.32 Å². The van der Waals surface area contributed by atoms with Crippen molar-refractivity contribution in [3.05, 3.63) is 23.8 Å². The standard InChI is InChI=1S/C19H30O4Si/c1-14(20)16-11-10-15(22-18-9-7-8-12-21-18)13-17(16)23-24(5,6)19(2,3)4/h10-11,13,18H,7-9,12H2,1-6H3. The van der Waals surface area contributed by atoms with Gasteiger partial charge in [-0.1, -0.05) is 20.8 Å². The quantitative estimate of drug-likeness (QED) is 0.542. The monoisotopic (exact) mass is 350 g/mol. The summed E-state index contributed by atoms with van der Waals surface area (Å²) in [6.45, 7) is 13.2. The molecule has 0 amide bonds. The summed E-state index contributed by atoms with van der Waals surface area (Å²) in [5, 5.41) is 0.0599. The van der Waals surface area contributed by atoms with Gasteiger partial charge in [0.05, 0.1) is 12.2 Å². The third-order valence-electron chi connectivity index (χ3n) is 4.91. The van der Waals surface area contributed by atoms with E-state index < -0.39 is 8.32 Å². The largest absolute Gasteiger partial charge is 0.543 e. The normalized spacial score (nSPS) is 19.0. The molecular formula is C19H30O4Si. The van der Waals surface area contributed by atoms with E-state index in [2.05, 4.69) is 33.9 Å². The van der Waals surface area contributed by atoms with Crippen LogP contribution in [0.15, 0.2) is 18.2 Å². The molecule has 1 aromatic rings. The molecule has 0 radical (unpaired) electrons. The van der Waals surface area contributed by atoms with Crippen LogP contribution in [0.2, 0.25) is 18.1 Å². The van der Waals surface area contributed by atoms with E-state index >= 15 is 0 Å². The minimum Gasteiger partial charge on any atom is -0.543 e. The van der Waals surface area contributed by atoms with Crippen molar-refractivity contribution in [2.75, 3.05) is 6.61 Å². The van der Waals surface area contributed by atoms with Gasteiger partial charge in [-0.15, -0.1) is 0 Å². The summed E-state index contributed by atoms with van der Waals surface area (Å²) >= 11 is 0. The lowest BCUT2D eigenvalue weighted by atomic mass is 10.1. The third kappa shape index (κ3) is 4.60. The van der Waals surface area contributed by atoms with Gasteiger partial charge in [-0.25, -0.2) is 0 Å². The Morgan fingerprint density at radius 2 is 1.96 bits per heavy atom. The Morgan fingerprint density at radius 3 is 2.50 bits per heavy atom. The van der Waals surface area contributed by atoms with E-state index in [4.69, 9.17) is 13.9 Å². The second-order valence-electron chi connectivity index (χ2n) is 7.99. The number of Topliss-reactive ketones (excluding diaryl/α,β-unsaturated/α-hetero) is 1. The van der Waals surface area contributed by atoms with Crippen molar-refractivity contribution in [3.63, 3.8) is 0 Å². The summed E-state index contributed by atoms with van der Waals surface area (Å²) < 4.78 is 18.0. The molecule has 0 saturated carbocycles. The van der Waals surface area contributed by atoms with Crippen molar-refractivity contribution in [2.24, 2.45) is 0 Å². The Bertz CT molecular complexity index is 584. The number of hydrogen-bond donors (Lipinski definition) is 0. The number of rotatable bonds is 5. The van der Waals surface area contributed by atoms with Crippen molar-refractivity contribution < 1.29 is 18.7 Å². The van der Waals surface area contributed by atoms with Gasteiger partial charge in [0, 0.05) is 12.5 Å². The average Bonchev–Trinajstić information content (AvgIpc) is 2.46. The molecule has 0 aliphatic carbocycles. The molecule has 1 atom stereocenters. The van der Waals surface area contributed by atoms with Crippen molar-refractivity contribution in [1.82, 2.24) is 0 Å². The first-order valence-electron chi connectivity index (χ1n) is 8.72. The minimum atomic E-state index is -2.04. The van der Waals surface area contributed by atoms with E-state index in [-0.39, 0.29) is 17.1 Å². The van der Waals surface area contributed by atoms with Crippen LogP contribution in [0.3, 0.4) is 0 Å². The summed E-state index contributed by atoms with van der Waals surface area (Å²) in [5.41, 5.74) is 0.608. The van der Waals surface area contributed by atoms with Crippen LogP contribution in [0.5, 0.6) is 11.5 Å². The van der Waals surface area contributed by atoms with E-state index in [0.717, 1.165) is 25.9 Å². The minimum absolute atomic E-state index is 0.00387. The van der Waals surface area contributed by atoms with E-state index in [1.165, 1.54) is 0 Å². The van der Waals surface area contributed by atoms with Crippen LogP contribution in [-0.2, 0) is 4.74 Å². The highest BCUT2D eigenvalue weighted by atomic mass is 28.4. The molecule has 1 unspecified atom stereocenters.